The Morgan fingerprint density at radius 3 is 2.65 bits per heavy atom. The van der Waals surface area contributed by atoms with Crippen LogP contribution in [0.5, 0.6) is 0 Å². The highest BCUT2D eigenvalue weighted by atomic mass is 32.2. The molecule has 0 bridgehead atoms. The molecule has 0 spiro atoms. The number of rotatable bonds is 8. The number of carbonyl (C=O) groups is 1. The molecule has 1 aromatic carbocycles. The van der Waals surface area contributed by atoms with Crippen LogP contribution in [0.4, 0.5) is 0 Å². The zero-order chi connectivity index (χ0) is 16.7. The predicted octanol–water partition coefficient (Wildman–Crippen LogP) is 3.83. The number of hydrogen-bond acceptors (Lipinski definition) is 4. The quantitative estimate of drug-likeness (QED) is 0.746. The minimum Gasteiger partial charge on any atom is -0.361 e. The molecular weight excluding hydrogens is 308 g/mol. The first-order chi connectivity index (χ1) is 11.1. The molecule has 1 amide bonds. The normalized spacial score (nSPS) is 12.1. The maximum Gasteiger partial charge on any atom is 0.227 e. The van der Waals surface area contributed by atoms with Crippen molar-refractivity contribution in [2.24, 2.45) is 0 Å². The highest BCUT2D eigenvalue weighted by Gasteiger charge is 2.25. The Hall–Kier alpha value is -1.75. The molecule has 2 aromatic rings. The third kappa shape index (κ3) is 4.86. The molecular formula is C18H24N2O2S. The van der Waals surface area contributed by atoms with Gasteiger partial charge in [0.05, 0.1) is 11.6 Å². The Morgan fingerprint density at radius 2 is 2.04 bits per heavy atom. The van der Waals surface area contributed by atoms with Crippen molar-refractivity contribution in [3.63, 3.8) is 0 Å². The van der Waals surface area contributed by atoms with Gasteiger partial charge < -0.3 is 9.84 Å². The number of aromatic nitrogens is 1. The van der Waals surface area contributed by atoms with E-state index in [1.54, 1.807) is 0 Å². The number of carbonyl (C=O) groups excluding carboxylic acids is 1. The molecule has 1 N–H and O–H groups in total. The molecule has 0 radical (unpaired) electrons. The number of hydrogen-bond donors (Lipinski definition) is 1. The summed E-state index contributed by atoms with van der Waals surface area (Å²) in [7, 11) is 0. The van der Waals surface area contributed by atoms with E-state index in [0.717, 1.165) is 34.9 Å². The first-order valence-corrected chi connectivity index (χ1v) is 9.11. The minimum absolute atomic E-state index is 0.0576. The average molecular weight is 332 g/mol. The third-order valence-corrected chi connectivity index (χ3v) is 4.85. The van der Waals surface area contributed by atoms with Gasteiger partial charge in [-0.25, -0.2) is 0 Å². The van der Waals surface area contributed by atoms with Gasteiger partial charge >= 0.3 is 0 Å². The number of aryl methyl sites for hydroxylation is 2. The van der Waals surface area contributed by atoms with E-state index in [0.29, 0.717) is 6.54 Å². The second kappa shape index (κ2) is 8.77. The van der Waals surface area contributed by atoms with Gasteiger partial charge in [0.25, 0.3) is 0 Å². The summed E-state index contributed by atoms with van der Waals surface area (Å²) in [5, 5.41) is 6.99. The zero-order valence-electron chi connectivity index (χ0n) is 14.0. The Labute approximate surface area is 142 Å². The van der Waals surface area contributed by atoms with E-state index in [9.17, 15) is 4.79 Å². The molecule has 0 unspecified atom stereocenters. The standard InChI is InChI=1S/C18H24N2O2S/c1-4-16(17-13(2)20-22-14(17)3)18(21)19-10-11-23-12-15-8-6-5-7-9-15/h5-9,16H,4,10-12H2,1-3H3,(H,19,21)/t16-/m1/s1. The van der Waals surface area contributed by atoms with Crippen molar-refractivity contribution in [3.05, 3.63) is 52.9 Å². The second-order valence-electron chi connectivity index (χ2n) is 5.53. The summed E-state index contributed by atoms with van der Waals surface area (Å²) >= 11 is 1.83. The Kier molecular flexibility index (Phi) is 6.71. The fourth-order valence-electron chi connectivity index (χ4n) is 2.64. The molecule has 4 nitrogen and oxygen atoms in total. The van der Waals surface area contributed by atoms with Crippen LogP contribution >= 0.6 is 11.8 Å². The molecule has 1 aromatic heterocycles. The van der Waals surface area contributed by atoms with Crippen LogP contribution < -0.4 is 5.32 Å². The van der Waals surface area contributed by atoms with E-state index < -0.39 is 0 Å². The Balaban J connectivity index is 1.77. The molecule has 23 heavy (non-hydrogen) atoms. The lowest BCUT2D eigenvalue weighted by molar-refractivity contribution is -0.122. The zero-order valence-corrected chi connectivity index (χ0v) is 14.8. The van der Waals surface area contributed by atoms with Crippen molar-refractivity contribution in [1.29, 1.82) is 0 Å². The molecule has 0 aliphatic carbocycles. The number of nitrogens with zero attached hydrogens (tertiary/aromatic N) is 1. The van der Waals surface area contributed by atoms with Crippen LogP contribution in [0.15, 0.2) is 34.9 Å². The van der Waals surface area contributed by atoms with Crippen molar-refractivity contribution in [1.82, 2.24) is 10.5 Å². The summed E-state index contributed by atoms with van der Waals surface area (Å²) in [4.78, 5) is 12.4. The molecule has 0 aliphatic heterocycles. The van der Waals surface area contributed by atoms with Crippen LogP contribution in [-0.2, 0) is 10.5 Å². The van der Waals surface area contributed by atoms with E-state index in [1.807, 2.05) is 50.7 Å². The van der Waals surface area contributed by atoms with Gasteiger partial charge in [0, 0.05) is 23.6 Å². The second-order valence-corrected chi connectivity index (χ2v) is 6.63. The van der Waals surface area contributed by atoms with Crippen LogP contribution in [0, 0.1) is 13.8 Å². The van der Waals surface area contributed by atoms with Gasteiger partial charge in [-0.1, -0.05) is 42.4 Å². The number of nitrogens with one attached hydrogen (secondary N) is 1. The molecule has 5 heteroatoms. The smallest absolute Gasteiger partial charge is 0.227 e. The molecule has 124 valence electrons. The van der Waals surface area contributed by atoms with Gasteiger partial charge in [-0.15, -0.1) is 0 Å². The molecule has 0 saturated heterocycles. The van der Waals surface area contributed by atoms with Gasteiger partial charge in [-0.05, 0) is 25.8 Å². The fourth-order valence-corrected chi connectivity index (χ4v) is 3.46. The average Bonchev–Trinajstić information content (AvgIpc) is 2.89. The van der Waals surface area contributed by atoms with Gasteiger partial charge in [0.2, 0.25) is 5.91 Å². The van der Waals surface area contributed by atoms with E-state index in [4.69, 9.17) is 4.52 Å². The molecule has 2 rings (SSSR count). The maximum atomic E-state index is 12.4. The summed E-state index contributed by atoms with van der Waals surface area (Å²) in [6, 6.07) is 10.4. The molecule has 0 aliphatic rings. The van der Waals surface area contributed by atoms with Crippen molar-refractivity contribution in [3.8, 4) is 0 Å². The van der Waals surface area contributed by atoms with Crippen LogP contribution in [0.25, 0.3) is 0 Å². The van der Waals surface area contributed by atoms with Crippen molar-refractivity contribution >= 4 is 17.7 Å². The van der Waals surface area contributed by atoms with Crippen LogP contribution in [0.3, 0.4) is 0 Å². The number of amides is 1. The first-order valence-electron chi connectivity index (χ1n) is 7.95. The van der Waals surface area contributed by atoms with Gasteiger partial charge in [-0.3, -0.25) is 4.79 Å². The van der Waals surface area contributed by atoms with Crippen molar-refractivity contribution in [2.75, 3.05) is 12.3 Å². The summed E-state index contributed by atoms with van der Waals surface area (Å²) in [5.74, 6) is 2.49. The summed E-state index contributed by atoms with van der Waals surface area (Å²) in [6.45, 7) is 6.44. The lowest BCUT2D eigenvalue weighted by Crippen LogP contribution is -2.31. The third-order valence-electron chi connectivity index (χ3n) is 3.82. The first kappa shape index (κ1) is 17.6. The molecule has 1 heterocycles. The summed E-state index contributed by atoms with van der Waals surface area (Å²) < 4.78 is 5.19. The largest absolute Gasteiger partial charge is 0.361 e. The number of benzene rings is 1. The minimum atomic E-state index is -0.180. The molecule has 1 atom stereocenters. The highest BCUT2D eigenvalue weighted by Crippen LogP contribution is 2.26. The molecule has 0 fully saturated rings. The summed E-state index contributed by atoms with van der Waals surface area (Å²) in [5.41, 5.74) is 3.05. The maximum absolute atomic E-state index is 12.4. The van der Waals surface area contributed by atoms with E-state index in [-0.39, 0.29) is 11.8 Å². The SMILES string of the molecule is CC[C@@H](C(=O)NCCSCc1ccccc1)c1c(C)noc1C. The predicted molar refractivity (Wildman–Crippen MR) is 94.6 cm³/mol. The lowest BCUT2D eigenvalue weighted by atomic mass is 9.94. The van der Waals surface area contributed by atoms with Crippen LogP contribution in [0.2, 0.25) is 0 Å². The van der Waals surface area contributed by atoms with Crippen molar-refractivity contribution < 1.29 is 9.32 Å². The molecule has 0 saturated carbocycles. The fraction of sp³-hybridized carbons (Fsp3) is 0.444. The van der Waals surface area contributed by atoms with Crippen LogP contribution in [-0.4, -0.2) is 23.4 Å². The van der Waals surface area contributed by atoms with E-state index >= 15 is 0 Å². The van der Waals surface area contributed by atoms with Gasteiger partial charge in [0.1, 0.15) is 5.76 Å². The monoisotopic (exact) mass is 332 g/mol. The van der Waals surface area contributed by atoms with Gasteiger partial charge in [-0.2, -0.15) is 11.8 Å². The topological polar surface area (TPSA) is 55.1 Å². The lowest BCUT2D eigenvalue weighted by Gasteiger charge is -2.14. The Morgan fingerprint density at radius 1 is 1.30 bits per heavy atom. The summed E-state index contributed by atoms with van der Waals surface area (Å²) in [6.07, 6.45) is 0.742. The van der Waals surface area contributed by atoms with E-state index in [1.165, 1.54) is 5.56 Å². The van der Waals surface area contributed by atoms with Gasteiger partial charge in [0.15, 0.2) is 0 Å². The number of thioether (sulfide) groups is 1. The Bertz CT molecular complexity index is 606. The van der Waals surface area contributed by atoms with Crippen LogP contribution in [0.1, 0.15) is 41.8 Å². The highest BCUT2D eigenvalue weighted by molar-refractivity contribution is 7.98. The van der Waals surface area contributed by atoms with E-state index in [2.05, 4.69) is 22.6 Å². The van der Waals surface area contributed by atoms with Crippen molar-refractivity contribution in [2.45, 2.75) is 38.9 Å².